The van der Waals surface area contributed by atoms with Crippen LogP contribution in [-0.4, -0.2) is 31.7 Å². The lowest BCUT2D eigenvalue weighted by Gasteiger charge is -2.20. The number of hydrogen-bond donors (Lipinski definition) is 0. The van der Waals surface area contributed by atoms with Gasteiger partial charge in [0.15, 0.2) is 11.6 Å². The Kier molecular flexibility index (Phi) is 5.49. The molecule has 0 unspecified atom stereocenters. The molecule has 0 atom stereocenters. The molecule has 102 valence electrons. The van der Waals surface area contributed by atoms with Crippen LogP contribution in [0.25, 0.3) is 0 Å². The highest BCUT2D eigenvalue weighted by molar-refractivity contribution is 7.89. The van der Waals surface area contributed by atoms with Gasteiger partial charge in [-0.3, -0.25) is 0 Å². The summed E-state index contributed by atoms with van der Waals surface area (Å²) < 4.78 is 51.3. The van der Waals surface area contributed by atoms with Crippen molar-refractivity contribution in [2.45, 2.75) is 18.2 Å². The van der Waals surface area contributed by atoms with Crippen LogP contribution in [0, 0.1) is 11.6 Å². The molecule has 1 aromatic rings. The topological polar surface area (TPSA) is 37.4 Å². The van der Waals surface area contributed by atoms with Crippen LogP contribution in [0.4, 0.5) is 8.78 Å². The average Bonchev–Trinajstić information content (AvgIpc) is 2.33. The lowest BCUT2D eigenvalue weighted by atomic mass is 10.3. The van der Waals surface area contributed by atoms with Crippen LogP contribution in [0.1, 0.15) is 13.3 Å². The van der Waals surface area contributed by atoms with Crippen molar-refractivity contribution in [3.05, 3.63) is 29.8 Å². The number of sulfonamides is 1. The number of hydrogen-bond acceptors (Lipinski definition) is 2. The van der Waals surface area contributed by atoms with Crippen LogP contribution < -0.4 is 0 Å². The fraction of sp³-hybridized carbons (Fsp3) is 0.455. The third-order valence-electron chi connectivity index (χ3n) is 2.42. The Morgan fingerprint density at radius 3 is 2.44 bits per heavy atom. The van der Waals surface area contributed by atoms with Crippen molar-refractivity contribution in [1.82, 2.24) is 4.31 Å². The van der Waals surface area contributed by atoms with Gasteiger partial charge in [0.05, 0.1) is 4.90 Å². The standard InChI is InChI=1S/C11H14ClF2NO2S/c1-2-15(7-3-6-12)18(16,17)9-4-5-10(13)11(14)8-9/h4-5,8H,2-3,6-7H2,1H3. The van der Waals surface area contributed by atoms with E-state index in [0.29, 0.717) is 18.4 Å². The molecule has 0 aliphatic carbocycles. The van der Waals surface area contributed by atoms with Crippen molar-refractivity contribution in [3.8, 4) is 0 Å². The highest BCUT2D eigenvalue weighted by atomic mass is 35.5. The van der Waals surface area contributed by atoms with Gasteiger partial charge in [-0.1, -0.05) is 6.92 Å². The maximum atomic E-state index is 13.0. The van der Waals surface area contributed by atoms with E-state index in [-0.39, 0.29) is 18.0 Å². The Hall–Kier alpha value is -0.720. The first-order valence-corrected chi connectivity index (χ1v) is 7.42. The van der Waals surface area contributed by atoms with Crippen LogP contribution in [-0.2, 0) is 10.0 Å². The summed E-state index contributed by atoms with van der Waals surface area (Å²) in [5.41, 5.74) is 0. The summed E-state index contributed by atoms with van der Waals surface area (Å²) >= 11 is 5.51. The number of benzene rings is 1. The molecule has 0 amide bonds. The van der Waals surface area contributed by atoms with Gasteiger partial charge in [0.2, 0.25) is 10.0 Å². The predicted octanol–water partition coefficient (Wildman–Crippen LogP) is 2.60. The first-order chi connectivity index (χ1) is 8.43. The van der Waals surface area contributed by atoms with Gasteiger partial charge in [0, 0.05) is 19.0 Å². The summed E-state index contributed by atoms with van der Waals surface area (Å²) in [7, 11) is -3.79. The zero-order valence-electron chi connectivity index (χ0n) is 9.87. The predicted molar refractivity (Wildman–Crippen MR) is 66.1 cm³/mol. The lowest BCUT2D eigenvalue weighted by Crippen LogP contribution is -2.32. The minimum atomic E-state index is -3.79. The first-order valence-electron chi connectivity index (χ1n) is 5.44. The van der Waals surface area contributed by atoms with Gasteiger partial charge in [0.1, 0.15) is 0 Å². The van der Waals surface area contributed by atoms with Crippen LogP contribution in [0.2, 0.25) is 0 Å². The van der Waals surface area contributed by atoms with E-state index in [1.165, 1.54) is 4.31 Å². The molecule has 1 aromatic carbocycles. The highest BCUT2D eigenvalue weighted by Gasteiger charge is 2.23. The van der Waals surface area contributed by atoms with Gasteiger partial charge in [0.25, 0.3) is 0 Å². The van der Waals surface area contributed by atoms with Crippen LogP contribution in [0.3, 0.4) is 0 Å². The van der Waals surface area contributed by atoms with Gasteiger partial charge in [-0.25, -0.2) is 17.2 Å². The SMILES string of the molecule is CCN(CCCCl)S(=O)(=O)c1ccc(F)c(F)c1. The second-order valence-electron chi connectivity index (χ2n) is 3.62. The van der Waals surface area contributed by atoms with Crippen LogP contribution >= 0.6 is 11.6 Å². The monoisotopic (exact) mass is 297 g/mol. The fourth-order valence-electron chi connectivity index (χ4n) is 1.47. The molecule has 1 rings (SSSR count). The van der Waals surface area contributed by atoms with Crippen molar-refractivity contribution < 1.29 is 17.2 Å². The van der Waals surface area contributed by atoms with E-state index in [1.54, 1.807) is 6.92 Å². The quantitative estimate of drug-likeness (QED) is 0.757. The molecule has 0 saturated carbocycles. The largest absolute Gasteiger partial charge is 0.243 e. The fourth-order valence-corrected chi connectivity index (χ4v) is 3.09. The first kappa shape index (κ1) is 15.3. The maximum absolute atomic E-state index is 13.0. The molecule has 0 saturated heterocycles. The Bertz CT molecular complexity index is 508. The normalized spacial score (nSPS) is 12.1. The summed E-state index contributed by atoms with van der Waals surface area (Å²) in [6, 6.07) is 2.54. The molecular weight excluding hydrogens is 284 g/mol. The molecule has 3 nitrogen and oxygen atoms in total. The van der Waals surface area contributed by atoms with E-state index in [1.807, 2.05) is 0 Å². The van der Waals surface area contributed by atoms with Crippen molar-refractivity contribution in [2.24, 2.45) is 0 Å². The van der Waals surface area contributed by atoms with Crippen molar-refractivity contribution in [1.29, 1.82) is 0 Å². The Morgan fingerprint density at radius 1 is 1.28 bits per heavy atom. The van der Waals surface area contributed by atoms with Crippen LogP contribution in [0.15, 0.2) is 23.1 Å². The van der Waals surface area contributed by atoms with Crippen molar-refractivity contribution in [3.63, 3.8) is 0 Å². The van der Waals surface area contributed by atoms with E-state index in [0.717, 1.165) is 12.1 Å². The Balaban J connectivity index is 3.06. The smallest absolute Gasteiger partial charge is 0.207 e. The van der Waals surface area contributed by atoms with Crippen molar-refractivity contribution in [2.75, 3.05) is 19.0 Å². The van der Waals surface area contributed by atoms with Gasteiger partial charge < -0.3 is 0 Å². The molecular formula is C11H14ClF2NO2S. The highest BCUT2D eigenvalue weighted by Crippen LogP contribution is 2.18. The van der Waals surface area contributed by atoms with Gasteiger partial charge in [-0.2, -0.15) is 4.31 Å². The molecule has 0 radical (unpaired) electrons. The summed E-state index contributed by atoms with van der Waals surface area (Å²) in [5, 5.41) is 0. The molecule has 0 spiro atoms. The molecule has 0 heterocycles. The summed E-state index contributed by atoms with van der Waals surface area (Å²) in [6.45, 7) is 2.17. The number of halogens is 3. The van der Waals surface area contributed by atoms with Gasteiger partial charge in [-0.15, -0.1) is 11.6 Å². The van der Waals surface area contributed by atoms with Crippen molar-refractivity contribution >= 4 is 21.6 Å². The van der Waals surface area contributed by atoms with Gasteiger partial charge >= 0.3 is 0 Å². The third-order valence-corrected chi connectivity index (χ3v) is 4.66. The molecule has 7 heteroatoms. The lowest BCUT2D eigenvalue weighted by molar-refractivity contribution is 0.426. The average molecular weight is 298 g/mol. The van der Waals surface area contributed by atoms with E-state index < -0.39 is 21.7 Å². The zero-order valence-corrected chi connectivity index (χ0v) is 11.4. The second kappa shape index (κ2) is 6.45. The minimum absolute atomic E-state index is 0.248. The zero-order chi connectivity index (χ0) is 13.8. The van der Waals surface area contributed by atoms with E-state index in [2.05, 4.69) is 0 Å². The number of alkyl halides is 1. The second-order valence-corrected chi connectivity index (χ2v) is 5.93. The number of rotatable bonds is 6. The third kappa shape index (κ3) is 3.40. The van der Waals surface area contributed by atoms with E-state index in [4.69, 9.17) is 11.6 Å². The minimum Gasteiger partial charge on any atom is -0.207 e. The molecule has 0 aliphatic rings. The van der Waals surface area contributed by atoms with Gasteiger partial charge in [-0.05, 0) is 24.6 Å². The Labute approximate surface area is 110 Å². The summed E-state index contributed by atoms with van der Waals surface area (Å²) in [5.74, 6) is -1.91. The molecule has 0 bridgehead atoms. The molecule has 18 heavy (non-hydrogen) atoms. The maximum Gasteiger partial charge on any atom is 0.243 e. The molecule has 0 fully saturated rings. The summed E-state index contributed by atoms with van der Waals surface area (Å²) in [6.07, 6.45) is 0.498. The molecule has 0 aliphatic heterocycles. The van der Waals surface area contributed by atoms with Crippen LogP contribution in [0.5, 0.6) is 0 Å². The van der Waals surface area contributed by atoms with E-state index in [9.17, 15) is 17.2 Å². The molecule has 0 N–H and O–H groups in total. The number of nitrogens with zero attached hydrogens (tertiary/aromatic N) is 1. The molecule has 0 aromatic heterocycles. The van der Waals surface area contributed by atoms with E-state index >= 15 is 0 Å². The Morgan fingerprint density at radius 2 is 1.94 bits per heavy atom. The summed E-state index contributed by atoms with van der Waals surface area (Å²) in [4.78, 5) is -0.252.